The Morgan fingerprint density at radius 3 is 2.76 bits per heavy atom. The van der Waals surface area contributed by atoms with Gasteiger partial charge in [0.05, 0.1) is 25.9 Å². The van der Waals surface area contributed by atoms with Crippen LogP contribution in [0, 0.1) is 0 Å². The fourth-order valence-corrected chi connectivity index (χ4v) is 1.90. The van der Waals surface area contributed by atoms with Crippen molar-refractivity contribution in [3.63, 3.8) is 0 Å². The zero-order valence-corrected chi connectivity index (χ0v) is 11.8. The zero-order valence-electron chi connectivity index (χ0n) is 11.8. The Hall–Kier alpha value is -2.18. The number of hydrogen-bond donors (Lipinski definition) is 3. The van der Waals surface area contributed by atoms with Gasteiger partial charge in [0.1, 0.15) is 0 Å². The van der Waals surface area contributed by atoms with E-state index in [2.05, 4.69) is 15.7 Å². The first-order valence-corrected chi connectivity index (χ1v) is 6.91. The predicted molar refractivity (Wildman–Crippen MR) is 79.3 cm³/mol. The Kier molecular flexibility index (Phi) is 5.93. The number of aromatic nitrogens is 2. The summed E-state index contributed by atoms with van der Waals surface area (Å²) in [7, 11) is 0. The second kappa shape index (κ2) is 8.18. The highest BCUT2D eigenvalue weighted by Gasteiger charge is 2.02. The normalized spacial score (nSPS) is 10.5. The predicted octanol–water partition coefficient (Wildman–Crippen LogP) is 0.281. The van der Waals surface area contributed by atoms with Gasteiger partial charge >= 0.3 is 0 Å². The van der Waals surface area contributed by atoms with E-state index in [1.54, 1.807) is 10.9 Å². The van der Waals surface area contributed by atoms with Crippen LogP contribution in [0.15, 0.2) is 42.7 Å². The monoisotopic (exact) mass is 288 g/mol. The van der Waals surface area contributed by atoms with Gasteiger partial charge in [-0.15, -0.1) is 0 Å². The van der Waals surface area contributed by atoms with Crippen LogP contribution in [0.25, 0.3) is 0 Å². The van der Waals surface area contributed by atoms with E-state index >= 15 is 0 Å². The maximum atomic E-state index is 11.7. The smallest absolute Gasteiger partial charge is 0.234 e. The quantitative estimate of drug-likeness (QED) is 0.652. The van der Waals surface area contributed by atoms with Crippen molar-refractivity contribution < 1.29 is 9.90 Å². The number of nitrogens with zero attached hydrogens (tertiary/aromatic N) is 2. The SMILES string of the molecule is O=C(CNCc1cnn(CCO)c1)NCc1ccccc1. The lowest BCUT2D eigenvalue weighted by molar-refractivity contribution is -0.120. The van der Waals surface area contributed by atoms with E-state index in [-0.39, 0.29) is 19.1 Å². The minimum absolute atomic E-state index is 0.0402. The summed E-state index contributed by atoms with van der Waals surface area (Å²) >= 11 is 0. The molecular formula is C15H20N4O2. The summed E-state index contributed by atoms with van der Waals surface area (Å²) in [5.74, 6) is -0.0402. The van der Waals surface area contributed by atoms with Gasteiger partial charge in [0, 0.05) is 24.8 Å². The molecular weight excluding hydrogens is 268 g/mol. The van der Waals surface area contributed by atoms with Crippen molar-refractivity contribution in [3.8, 4) is 0 Å². The highest BCUT2D eigenvalue weighted by Crippen LogP contribution is 1.98. The minimum atomic E-state index is -0.0402. The van der Waals surface area contributed by atoms with Crippen LogP contribution in [0.2, 0.25) is 0 Å². The van der Waals surface area contributed by atoms with Crippen molar-refractivity contribution in [3.05, 3.63) is 53.9 Å². The highest BCUT2D eigenvalue weighted by atomic mass is 16.3. The molecule has 0 radical (unpaired) electrons. The summed E-state index contributed by atoms with van der Waals surface area (Å²) < 4.78 is 1.67. The molecule has 21 heavy (non-hydrogen) atoms. The van der Waals surface area contributed by atoms with Crippen LogP contribution in [-0.4, -0.2) is 33.9 Å². The Bertz CT molecular complexity index is 554. The van der Waals surface area contributed by atoms with Crippen molar-refractivity contribution in [2.75, 3.05) is 13.2 Å². The number of amides is 1. The first-order valence-electron chi connectivity index (χ1n) is 6.91. The molecule has 0 aliphatic heterocycles. The number of benzene rings is 1. The lowest BCUT2D eigenvalue weighted by Crippen LogP contribution is -2.33. The van der Waals surface area contributed by atoms with Gasteiger partial charge < -0.3 is 15.7 Å². The molecule has 2 rings (SSSR count). The summed E-state index contributed by atoms with van der Waals surface area (Å²) in [5.41, 5.74) is 2.07. The van der Waals surface area contributed by atoms with Crippen LogP contribution in [-0.2, 0) is 24.4 Å². The molecule has 0 atom stereocenters. The average molecular weight is 288 g/mol. The molecule has 1 amide bonds. The summed E-state index contributed by atoms with van der Waals surface area (Å²) in [6.45, 7) is 1.92. The van der Waals surface area contributed by atoms with Gasteiger partial charge in [0.2, 0.25) is 5.91 Å². The fourth-order valence-electron chi connectivity index (χ4n) is 1.90. The molecule has 1 aromatic carbocycles. The van der Waals surface area contributed by atoms with E-state index in [1.165, 1.54) is 0 Å². The maximum absolute atomic E-state index is 11.7. The molecule has 112 valence electrons. The largest absolute Gasteiger partial charge is 0.394 e. The van der Waals surface area contributed by atoms with Crippen molar-refractivity contribution in [1.29, 1.82) is 0 Å². The van der Waals surface area contributed by atoms with E-state index in [9.17, 15) is 4.79 Å². The van der Waals surface area contributed by atoms with Crippen LogP contribution < -0.4 is 10.6 Å². The van der Waals surface area contributed by atoms with Gasteiger partial charge in [0.25, 0.3) is 0 Å². The number of nitrogens with one attached hydrogen (secondary N) is 2. The van der Waals surface area contributed by atoms with Gasteiger partial charge in [-0.3, -0.25) is 9.48 Å². The van der Waals surface area contributed by atoms with Gasteiger partial charge in [-0.1, -0.05) is 30.3 Å². The first-order chi connectivity index (χ1) is 10.3. The van der Waals surface area contributed by atoms with Crippen molar-refractivity contribution in [2.45, 2.75) is 19.6 Å². The lowest BCUT2D eigenvalue weighted by Gasteiger charge is -2.06. The average Bonchev–Trinajstić information content (AvgIpc) is 2.94. The number of carbonyl (C=O) groups excluding carboxylic acids is 1. The number of hydrogen-bond acceptors (Lipinski definition) is 4. The summed E-state index contributed by atoms with van der Waals surface area (Å²) in [5, 5.41) is 18.8. The number of aliphatic hydroxyl groups is 1. The molecule has 0 spiro atoms. The first kappa shape index (κ1) is 15.2. The van der Waals surface area contributed by atoms with Crippen LogP contribution in [0.1, 0.15) is 11.1 Å². The highest BCUT2D eigenvalue weighted by molar-refractivity contribution is 5.77. The van der Waals surface area contributed by atoms with E-state index in [1.807, 2.05) is 36.5 Å². The fraction of sp³-hybridized carbons (Fsp3) is 0.333. The minimum Gasteiger partial charge on any atom is -0.394 e. The van der Waals surface area contributed by atoms with E-state index < -0.39 is 0 Å². The molecule has 0 aliphatic rings. The molecule has 1 heterocycles. The van der Waals surface area contributed by atoms with Crippen LogP contribution in [0.3, 0.4) is 0 Å². The molecule has 3 N–H and O–H groups in total. The molecule has 1 aromatic heterocycles. The van der Waals surface area contributed by atoms with Gasteiger partial charge in [-0.25, -0.2) is 0 Å². The van der Waals surface area contributed by atoms with Crippen LogP contribution in [0.5, 0.6) is 0 Å². The Balaban J connectivity index is 1.64. The standard InChI is InChI=1S/C15H20N4O2/c20-7-6-19-12-14(10-18-19)8-16-11-15(21)17-9-13-4-2-1-3-5-13/h1-5,10,12,16,20H,6-9,11H2,(H,17,21). The van der Waals surface area contributed by atoms with Gasteiger partial charge in [0.15, 0.2) is 0 Å². The summed E-state index contributed by atoms with van der Waals surface area (Å²) in [6, 6.07) is 9.80. The summed E-state index contributed by atoms with van der Waals surface area (Å²) in [6.07, 6.45) is 3.58. The zero-order chi connectivity index (χ0) is 14.9. The van der Waals surface area contributed by atoms with Crippen molar-refractivity contribution in [1.82, 2.24) is 20.4 Å². The molecule has 0 fully saturated rings. The molecule has 0 aliphatic carbocycles. The number of rotatable bonds is 8. The van der Waals surface area contributed by atoms with E-state index in [4.69, 9.17) is 5.11 Å². The second-order valence-electron chi connectivity index (χ2n) is 4.70. The van der Waals surface area contributed by atoms with Crippen LogP contribution in [0.4, 0.5) is 0 Å². The third kappa shape index (κ3) is 5.37. The lowest BCUT2D eigenvalue weighted by atomic mass is 10.2. The Labute approximate surface area is 123 Å². The van der Waals surface area contributed by atoms with Crippen molar-refractivity contribution >= 4 is 5.91 Å². The molecule has 2 aromatic rings. The van der Waals surface area contributed by atoms with Crippen LogP contribution >= 0.6 is 0 Å². The Morgan fingerprint density at radius 1 is 1.19 bits per heavy atom. The molecule has 0 saturated carbocycles. The molecule has 0 unspecified atom stereocenters. The van der Waals surface area contributed by atoms with Gasteiger partial charge in [-0.2, -0.15) is 5.10 Å². The third-order valence-corrected chi connectivity index (χ3v) is 2.96. The number of aliphatic hydroxyl groups excluding tert-OH is 1. The van der Waals surface area contributed by atoms with E-state index in [0.29, 0.717) is 19.6 Å². The second-order valence-corrected chi connectivity index (χ2v) is 4.70. The summed E-state index contributed by atoms with van der Waals surface area (Å²) in [4.78, 5) is 11.7. The Morgan fingerprint density at radius 2 is 2.00 bits per heavy atom. The van der Waals surface area contributed by atoms with Crippen molar-refractivity contribution in [2.24, 2.45) is 0 Å². The van der Waals surface area contributed by atoms with E-state index in [0.717, 1.165) is 11.1 Å². The molecule has 6 heteroatoms. The topological polar surface area (TPSA) is 79.2 Å². The maximum Gasteiger partial charge on any atom is 0.234 e. The molecule has 6 nitrogen and oxygen atoms in total. The third-order valence-electron chi connectivity index (χ3n) is 2.96. The molecule has 0 bridgehead atoms. The van der Waals surface area contributed by atoms with Gasteiger partial charge in [-0.05, 0) is 5.56 Å². The molecule has 0 saturated heterocycles. The number of carbonyl (C=O) groups is 1.